The minimum atomic E-state index is -0.547. The first-order valence-corrected chi connectivity index (χ1v) is 7.01. The monoisotopic (exact) mass is 282 g/mol. The average Bonchev–Trinajstić information content (AvgIpc) is 2.48. The average molecular weight is 282 g/mol. The van der Waals surface area contributed by atoms with Crippen LogP contribution in [0.5, 0.6) is 0 Å². The molecule has 1 aromatic carbocycles. The van der Waals surface area contributed by atoms with E-state index in [-0.39, 0.29) is 11.7 Å². The molecular weight excluding hydrogens is 264 g/mol. The number of nitrogens with zero attached hydrogens (tertiary/aromatic N) is 2. The molecule has 1 atom stereocenters. The Bertz CT molecular complexity index is 698. The summed E-state index contributed by atoms with van der Waals surface area (Å²) in [5, 5.41) is 0. The van der Waals surface area contributed by atoms with Gasteiger partial charge in [-0.05, 0) is 43.5 Å². The molecule has 108 valence electrons. The summed E-state index contributed by atoms with van der Waals surface area (Å²) >= 11 is 0. The Balaban J connectivity index is 2.15. The van der Waals surface area contributed by atoms with Gasteiger partial charge < -0.3 is 16.4 Å². The molecule has 5 nitrogen and oxygen atoms in total. The second-order valence-electron chi connectivity index (χ2n) is 5.36. The molecule has 5 heteroatoms. The van der Waals surface area contributed by atoms with E-state index in [9.17, 15) is 4.79 Å². The lowest BCUT2D eigenvalue weighted by Gasteiger charge is -2.36. The van der Waals surface area contributed by atoms with E-state index in [1.807, 2.05) is 12.1 Å². The number of rotatable bonds is 2. The van der Waals surface area contributed by atoms with Gasteiger partial charge in [0, 0.05) is 11.7 Å². The lowest BCUT2D eigenvalue weighted by Crippen LogP contribution is -2.34. The minimum absolute atomic E-state index is 0.231. The zero-order valence-corrected chi connectivity index (χ0v) is 11.9. The van der Waals surface area contributed by atoms with Crippen LogP contribution in [0.2, 0.25) is 0 Å². The van der Waals surface area contributed by atoms with E-state index < -0.39 is 5.91 Å². The zero-order chi connectivity index (χ0) is 15.0. The van der Waals surface area contributed by atoms with Crippen molar-refractivity contribution in [1.29, 1.82) is 0 Å². The summed E-state index contributed by atoms with van der Waals surface area (Å²) in [7, 11) is 0. The molecule has 0 saturated carbocycles. The quantitative estimate of drug-likeness (QED) is 0.884. The lowest BCUT2D eigenvalue weighted by atomic mass is 9.96. The molecule has 1 unspecified atom stereocenters. The van der Waals surface area contributed by atoms with Gasteiger partial charge in [-0.2, -0.15) is 0 Å². The van der Waals surface area contributed by atoms with Crippen LogP contribution in [0.1, 0.15) is 29.4 Å². The summed E-state index contributed by atoms with van der Waals surface area (Å²) in [6.07, 6.45) is 2.04. The largest absolute Gasteiger partial charge is 0.396 e. The molecule has 0 bridgehead atoms. The molecule has 2 heterocycles. The predicted octanol–water partition coefficient (Wildman–Crippen LogP) is 2.24. The van der Waals surface area contributed by atoms with Crippen molar-refractivity contribution in [3.8, 4) is 0 Å². The van der Waals surface area contributed by atoms with Gasteiger partial charge in [0.15, 0.2) is 5.82 Å². The van der Waals surface area contributed by atoms with E-state index in [1.165, 1.54) is 5.56 Å². The number of nitrogen functional groups attached to an aromatic ring is 1. The van der Waals surface area contributed by atoms with Crippen LogP contribution in [-0.2, 0) is 6.42 Å². The first-order valence-electron chi connectivity index (χ1n) is 7.01. The number of aryl methyl sites for hydroxylation is 1. The Morgan fingerprint density at radius 2 is 2.05 bits per heavy atom. The molecule has 0 fully saturated rings. The highest BCUT2D eigenvalue weighted by Gasteiger charge is 2.26. The number of pyridine rings is 1. The van der Waals surface area contributed by atoms with Gasteiger partial charge in [0.2, 0.25) is 0 Å². The molecule has 1 aromatic heterocycles. The molecule has 4 N–H and O–H groups in total. The molecule has 2 aromatic rings. The number of primary amides is 1. The second kappa shape index (κ2) is 5.09. The number of carbonyl (C=O) groups is 1. The Hall–Kier alpha value is -2.56. The smallest absolute Gasteiger partial charge is 0.267 e. The molecule has 1 amide bonds. The molecule has 1 aliphatic heterocycles. The van der Waals surface area contributed by atoms with Gasteiger partial charge >= 0.3 is 0 Å². The summed E-state index contributed by atoms with van der Waals surface area (Å²) in [5.41, 5.74) is 14.5. The molecule has 1 aliphatic rings. The highest BCUT2D eigenvalue weighted by Crippen LogP contribution is 2.38. The maximum Gasteiger partial charge on any atom is 0.267 e. The summed E-state index contributed by atoms with van der Waals surface area (Å²) in [6, 6.07) is 11.7. The van der Waals surface area contributed by atoms with Crippen LogP contribution in [0.15, 0.2) is 36.4 Å². The summed E-state index contributed by atoms with van der Waals surface area (Å²) in [4.78, 5) is 17.8. The standard InChI is InChI=1S/C16H18N4O/c1-10-6-7-11-4-2-3-5-14(11)20(10)16-12(17)8-9-13(19-16)15(18)21/h2-5,8-10H,6-7,17H2,1H3,(H2,18,21). The summed E-state index contributed by atoms with van der Waals surface area (Å²) in [5.74, 6) is 0.0557. The first-order chi connectivity index (χ1) is 10.1. The number of fused-ring (bicyclic) bond motifs is 1. The van der Waals surface area contributed by atoms with Crippen LogP contribution in [-0.4, -0.2) is 16.9 Å². The van der Waals surface area contributed by atoms with E-state index in [0.29, 0.717) is 11.5 Å². The van der Waals surface area contributed by atoms with Crippen molar-refractivity contribution in [2.45, 2.75) is 25.8 Å². The van der Waals surface area contributed by atoms with Crippen LogP contribution in [0.25, 0.3) is 0 Å². The number of hydrogen-bond donors (Lipinski definition) is 2. The number of aromatic nitrogens is 1. The maximum absolute atomic E-state index is 11.4. The fourth-order valence-corrected chi connectivity index (χ4v) is 2.80. The Morgan fingerprint density at radius 3 is 2.81 bits per heavy atom. The molecule has 3 rings (SSSR count). The van der Waals surface area contributed by atoms with Crippen molar-refractivity contribution >= 4 is 23.1 Å². The Kier molecular flexibility index (Phi) is 3.25. The number of para-hydroxylation sites is 1. The maximum atomic E-state index is 11.4. The number of hydrogen-bond acceptors (Lipinski definition) is 4. The van der Waals surface area contributed by atoms with Crippen molar-refractivity contribution < 1.29 is 4.79 Å². The second-order valence-corrected chi connectivity index (χ2v) is 5.36. The van der Waals surface area contributed by atoms with Gasteiger partial charge in [-0.25, -0.2) is 4.98 Å². The molecular formula is C16H18N4O. The predicted molar refractivity (Wildman–Crippen MR) is 83.5 cm³/mol. The highest BCUT2D eigenvalue weighted by molar-refractivity contribution is 5.92. The number of benzene rings is 1. The third-order valence-corrected chi connectivity index (χ3v) is 3.91. The van der Waals surface area contributed by atoms with E-state index in [0.717, 1.165) is 18.5 Å². The summed E-state index contributed by atoms with van der Waals surface area (Å²) < 4.78 is 0. The summed E-state index contributed by atoms with van der Waals surface area (Å²) in [6.45, 7) is 2.13. The third kappa shape index (κ3) is 2.31. The van der Waals surface area contributed by atoms with Gasteiger partial charge in [-0.1, -0.05) is 18.2 Å². The van der Waals surface area contributed by atoms with Gasteiger partial charge in [0.25, 0.3) is 5.91 Å². The van der Waals surface area contributed by atoms with Crippen molar-refractivity contribution in [3.63, 3.8) is 0 Å². The number of amides is 1. The third-order valence-electron chi connectivity index (χ3n) is 3.91. The topological polar surface area (TPSA) is 85.2 Å². The van der Waals surface area contributed by atoms with Crippen LogP contribution < -0.4 is 16.4 Å². The van der Waals surface area contributed by atoms with Crippen LogP contribution >= 0.6 is 0 Å². The van der Waals surface area contributed by atoms with Crippen LogP contribution in [0.3, 0.4) is 0 Å². The van der Waals surface area contributed by atoms with E-state index in [2.05, 4.69) is 28.9 Å². The van der Waals surface area contributed by atoms with Crippen LogP contribution in [0.4, 0.5) is 17.2 Å². The first kappa shape index (κ1) is 13.4. The normalized spacial score (nSPS) is 17.4. The Morgan fingerprint density at radius 1 is 1.29 bits per heavy atom. The van der Waals surface area contributed by atoms with E-state index in [1.54, 1.807) is 12.1 Å². The van der Waals surface area contributed by atoms with Gasteiger partial charge in [-0.15, -0.1) is 0 Å². The molecule has 0 radical (unpaired) electrons. The zero-order valence-electron chi connectivity index (χ0n) is 11.9. The van der Waals surface area contributed by atoms with Crippen molar-refractivity contribution in [3.05, 3.63) is 47.7 Å². The lowest BCUT2D eigenvalue weighted by molar-refractivity contribution is 0.0995. The van der Waals surface area contributed by atoms with Gasteiger partial charge in [0.05, 0.1) is 5.69 Å². The van der Waals surface area contributed by atoms with Gasteiger partial charge in [-0.3, -0.25) is 4.79 Å². The number of anilines is 3. The van der Waals surface area contributed by atoms with E-state index in [4.69, 9.17) is 11.5 Å². The van der Waals surface area contributed by atoms with Gasteiger partial charge in [0.1, 0.15) is 5.69 Å². The van der Waals surface area contributed by atoms with E-state index >= 15 is 0 Å². The number of carbonyl (C=O) groups excluding carboxylic acids is 1. The van der Waals surface area contributed by atoms with Crippen molar-refractivity contribution in [1.82, 2.24) is 4.98 Å². The Labute approximate surface area is 123 Å². The van der Waals surface area contributed by atoms with Crippen molar-refractivity contribution in [2.24, 2.45) is 5.73 Å². The molecule has 0 aliphatic carbocycles. The molecule has 21 heavy (non-hydrogen) atoms. The highest BCUT2D eigenvalue weighted by atomic mass is 16.1. The fourth-order valence-electron chi connectivity index (χ4n) is 2.80. The SMILES string of the molecule is CC1CCc2ccccc2N1c1nc(C(N)=O)ccc1N. The molecule has 0 spiro atoms. The minimum Gasteiger partial charge on any atom is -0.396 e. The fraction of sp³-hybridized carbons (Fsp3) is 0.250. The molecule has 0 saturated heterocycles. The van der Waals surface area contributed by atoms with Crippen molar-refractivity contribution in [2.75, 3.05) is 10.6 Å². The van der Waals surface area contributed by atoms with Crippen LogP contribution in [0, 0.1) is 0 Å². The number of nitrogens with two attached hydrogens (primary N) is 2.